The molecule has 0 aliphatic rings. The van der Waals surface area contributed by atoms with Gasteiger partial charge in [0, 0.05) is 0 Å². The van der Waals surface area contributed by atoms with Crippen LogP contribution in [0, 0.1) is 19.3 Å². The summed E-state index contributed by atoms with van der Waals surface area (Å²) in [7, 11) is 0. The average molecular weight is 208 g/mol. The standard InChI is InChI=1S/C8H10.C5H12.C2H6/c1-7-5-3-4-6-8(7)2;1-5(2,3)4;1-2/h3-6H,1-2H3;1-4H3;1-2H3. The molecule has 0 unspecified atom stereocenters. The lowest BCUT2D eigenvalue weighted by atomic mass is 10.0. The van der Waals surface area contributed by atoms with Crippen LogP contribution in [-0.2, 0) is 0 Å². The first kappa shape index (κ1) is 16.6. The number of hydrogen-bond donors (Lipinski definition) is 0. The van der Waals surface area contributed by atoms with Gasteiger partial charge in [-0.3, -0.25) is 0 Å². The molecule has 0 nitrogen and oxygen atoms in total. The van der Waals surface area contributed by atoms with Crippen LogP contribution in [-0.4, -0.2) is 0 Å². The van der Waals surface area contributed by atoms with Crippen molar-refractivity contribution >= 4 is 0 Å². The van der Waals surface area contributed by atoms with Crippen molar-refractivity contribution in [2.45, 2.75) is 55.4 Å². The first-order valence-electron chi connectivity index (χ1n) is 5.83. The predicted octanol–water partition coefficient (Wildman–Crippen LogP) is 5.38. The minimum Gasteiger partial charge on any atom is -0.0683 e. The third kappa shape index (κ3) is 15.9. The van der Waals surface area contributed by atoms with E-state index in [1.165, 1.54) is 11.1 Å². The van der Waals surface area contributed by atoms with Crippen LogP contribution in [0.5, 0.6) is 0 Å². The summed E-state index contributed by atoms with van der Waals surface area (Å²) in [6.07, 6.45) is 0. The molecule has 0 bridgehead atoms. The van der Waals surface area contributed by atoms with Crippen LogP contribution in [0.2, 0.25) is 0 Å². The molecule has 0 heteroatoms. The van der Waals surface area contributed by atoms with Crippen molar-refractivity contribution in [1.29, 1.82) is 0 Å². The number of aryl methyl sites for hydroxylation is 2. The molecule has 0 aliphatic heterocycles. The van der Waals surface area contributed by atoms with Gasteiger partial charge < -0.3 is 0 Å². The Hall–Kier alpha value is -0.780. The summed E-state index contributed by atoms with van der Waals surface area (Å²) >= 11 is 0. The quantitative estimate of drug-likeness (QED) is 0.537. The summed E-state index contributed by atoms with van der Waals surface area (Å²) in [5, 5.41) is 0. The van der Waals surface area contributed by atoms with Gasteiger partial charge in [0.15, 0.2) is 0 Å². The topological polar surface area (TPSA) is 0 Å². The summed E-state index contributed by atoms with van der Waals surface area (Å²) < 4.78 is 0. The van der Waals surface area contributed by atoms with Crippen molar-refractivity contribution in [3.8, 4) is 0 Å². The predicted molar refractivity (Wildman–Crippen MR) is 72.4 cm³/mol. The maximum absolute atomic E-state index is 2.19. The first-order chi connectivity index (χ1) is 6.80. The highest BCUT2D eigenvalue weighted by molar-refractivity contribution is 5.23. The van der Waals surface area contributed by atoms with Crippen molar-refractivity contribution in [2.24, 2.45) is 5.41 Å². The normalized spacial score (nSPS) is 9.33. The summed E-state index contributed by atoms with van der Waals surface area (Å²) in [5.41, 5.74) is 3.24. The highest BCUT2D eigenvalue weighted by atomic mass is 14.0. The van der Waals surface area contributed by atoms with Gasteiger partial charge in [0.05, 0.1) is 0 Å². The zero-order chi connectivity index (χ0) is 12.5. The van der Waals surface area contributed by atoms with Crippen LogP contribution in [0.25, 0.3) is 0 Å². The van der Waals surface area contributed by atoms with E-state index in [1.807, 2.05) is 13.8 Å². The van der Waals surface area contributed by atoms with E-state index in [-0.39, 0.29) is 0 Å². The van der Waals surface area contributed by atoms with Gasteiger partial charge in [-0.25, -0.2) is 0 Å². The SMILES string of the molecule is CC.CC(C)(C)C.Cc1ccccc1C. The lowest BCUT2D eigenvalue weighted by Gasteiger charge is -2.05. The van der Waals surface area contributed by atoms with E-state index in [4.69, 9.17) is 0 Å². The molecular formula is C15H28. The molecule has 0 saturated heterocycles. The van der Waals surface area contributed by atoms with Crippen molar-refractivity contribution < 1.29 is 0 Å². The van der Waals surface area contributed by atoms with Crippen molar-refractivity contribution in [3.05, 3.63) is 35.4 Å². The molecule has 0 amide bonds. The average Bonchev–Trinajstić information content (AvgIpc) is 2.11. The minimum absolute atomic E-state index is 0.500. The van der Waals surface area contributed by atoms with E-state index >= 15 is 0 Å². The Labute approximate surface area is 96.7 Å². The Kier molecular flexibility index (Phi) is 9.46. The van der Waals surface area contributed by atoms with Gasteiger partial charge in [0.1, 0.15) is 0 Å². The maximum atomic E-state index is 2.19. The van der Waals surface area contributed by atoms with E-state index in [2.05, 4.69) is 65.8 Å². The van der Waals surface area contributed by atoms with E-state index in [1.54, 1.807) is 0 Å². The molecule has 0 spiro atoms. The maximum Gasteiger partial charge on any atom is -0.0395 e. The van der Waals surface area contributed by atoms with Crippen LogP contribution in [0.15, 0.2) is 24.3 Å². The van der Waals surface area contributed by atoms with Crippen molar-refractivity contribution in [2.75, 3.05) is 0 Å². The molecule has 1 rings (SSSR count). The third-order valence-corrected chi connectivity index (χ3v) is 1.43. The van der Waals surface area contributed by atoms with Crippen LogP contribution < -0.4 is 0 Å². The van der Waals surface area contributed by atoms with Gasteiger partial charge in [0.2, 0.25) is 0 Å². The van der Waals surface area contributed by atoms with Gasteiger partial charge in [-0.1, -0.05) is 65.8 Å². The zero-order valence-corrected chi connectivity index (χ0v) is 11.8. The number of rotatable bonds is 0. The number of benzene rings is 1. The second kappa shape index (κ2) is 8.52. The summed E-state index contributed by atoms with van der Waals surface area (Å²) in [4.78, 5) is 0. The Bertz CT molecular complexity index is 213. The fraction of sp³-hybridized carbons (Fsp3) is 0.600. The molecule has 0 radical (unpaired) electrons. The zero-order valence-electron chi connectivity index (χ0n) is 11.8. The fourth-order valence-electron chi connectivity index (χ4n) is 0.663. The largest absolute Gasteiger partial charge is 0.0683 e. The third-order valence-electron chi connectivity index (χ3n) is 1.43. The molecule has 15 heavy (non-hydrogen) atoms. The molecular weight excluding hydrogens is 180 g/mol. The first-order valence-corrected chi connectivity index (χ1v) is 5.83. The second-order valence-electron chi connectivity index (χ2n) is 5.08. The van der Waals surface area contributed by atoms with Crippen LogP contribution >= 0.6 is 0 Å². The lowest BCUT2D eigenvalue weighted by molar-refractivity contribution is 0.469. The van der Waals surface area contributed by atoms with E-state index in [9.17, 15) is 0 Å². The monoisotopic (exact) mass is 208 g/mol. The van der Waals surface area contributed by atoms with Crippen molar-refractivity contribution in [3.63, 3.8) is 0 Å². The molecule has 0 N–H and O–H groups in total. The second-order valence-corrected chi connectivity index (χ2v) is 5.08. The molecule has 0 heterocycles. The van der Waals surface area contributed by atoms with Crippen molar-refractivity contribution in [1.82, 2.24) is 0 Å². The molecule has 0 aromatic heterocycles. The van der Waals surface area contributed by atoms with Gasteiger partial charge >= 0.3 is 0 Å². The lowest BCUT2D eigenvalue weighted by Crippen LogP contribution is -1.93. The van der Waals surface area contributed by atoms with Gasteiger partial charge in [-0.05, 0) is 30.4 Å². The van der Waals surface area contributed by atoms with Gasteiger partial charge in [-0.2, -0.15) is 0 Å². The van der Waals surface area contributed by atoms with E-state index in [0.717, 1.165) is 0 Å². The smallest absolute Gasteiger partial charge is 0.0395 e. The van der Waals surface area contributed by atoms with E-state index in [0.29, 0.717) is 5.41 Å². The summed E-state index contributed by atoms with van der Waals surface area (Å²) in [5.74, 6) is 0. The minimum atomic E-state index is 0.500. The summed E-state index contributed by atoms with van der Waals surface area (Å²) in [6, 6.07) is 8.36. The molecule has 1 aromatic rings. The Morgan fingerprint density at radius 1 is 0.733 bits per heavy atom. The molecule has 0 atom stereocenters. The molecule has 0 aliphatic carbocycles. The molecule has 1 aromatic carbocycles. The van der Waals surface area contributed by atoms with E-state index < -0.39 is 0 Å². The highest BCUT2D eigenvalue weighted by Gasteiger charge is 1.95. The van der Waals surface area contributed by atoms with Gasteiger partial charge in [-0.15, -0.1) is 0 Å². The van der Waals surface area contributed by atoms with Crippen LogP contribution in [0.3, 0.4) is 0 Å². The van der Waals surface area contributed by atoms with Crippen LogP contribution in [0.4, 0.5) is 0 Å². The molecule has 0 fully saturated rings. The fourth-order valence-corrected chi connectivity index (χ4v) is 0.663. The van der Waals surface area contributed by atoms with Crippen LogP contribution in [0.1, 0.15) is 52.7 Å². The highest BCUT2D eigenvalue weighted by Crippen LogP contribution is 2.08. The van der Waals surface area contributed by atoms with Gasteiger partial charge in [0.25, 0.3) is 0 Å². The Morgan fingerprint density at radius 2 is 0.933 bits per heavy atom. The number of hydrogen-bond acceptors (Lipinski definition) is 0. The molecule has 0 saturated carbocycles. The molecule has 88 valence electrons. The Morgan fingerprint density at radius 3 is 1.07 bits per heavy atom. The summed E-state index contributed by atoms with van der Waals surface area (Å²) in [6.45, 7) is 17.0. The Balaban J connectivity index is 0.